The number of nitriles is 1. The zero-order chi connectivity index (χ0) is 14.3. The van der Waals surface area contributed by atoms with Crippen LogP contribution in [0.3, 0.4) is 0 Å². The smallest absolute Gasteiger partial charge is 0.335 e. The van der Waals surface area contributed by atoms with Crippen LogP contribution < -0.4 is 4.74 Å². The van der Waals surface area contributed by atoms with Crippen molar-refractivity contribution in [1.82, 2.24) is 4.90 Å². The minimum Gasteiger partial charge on any atom is -0.484 e. The first kappa shape index (κ1) is 14.5. The van der Waals surface area contributed by atoms with Crippen LogP contribution in [0.2, 0.25) is 0 Å². The topological polar surface area (TPSA) is 90.6 Å². The van der Waals surface area contributed by atoms with E-state index in [-0.39, 0.29) is 24.5 Å². The van der Waals surface area contributed by atoms with Crippen molar-refractivity contribution in [1.29, 1.82) is 5.26 Å². The molecule has 0 spiro atoms. The third kappa shape index (κ3) is 4.68. The van der Waals surface area contributed by atoms with Crippen LogP contribution in [0, 0.1) is 11.3 Å². The molecule has 100 valence electrons. The molecule has 1 N–H and O–H groups in total. The zero-order valence-corrected chi connectivity index (χ0v) is 10.5. The van der Waals surface area contributed by atoms with Gasteiger partial charge in [0.1, 0.15) is 5.75 Å². The van der Waals surface area contributed by atoms with E-state index in [1.54, 1.807) is 7.05 Å². The molecule has 1 amide bonds. The molecule has 0 radical (unpaired) electrons. The molecule has 0 saturated heterocycles. The molecule has 1 aromatic rings. The second-order valence-corrected chi connectivity index (χ2v) is 3.84. The number of amides is 1. The molecule has 0 unspecified atom stereocenters. The summed E-state index contributed by atoms with van der Waals surface area (Å²) < 4.78 is 5.24. The molecule has 0 saturated carbocycles. The van der Waals surface area contributed by atoms with E-state index in [9.17, 15) is 9.59 Å². The van der Waals surface area contributed by atoms with E-state index >= 15 is 0 Å². The predicted molar refractivity (Wildman–Crippen MR) is 66.8 cm³/mol. The molecule has 1 aromatic carbocycles. The Labute approximate surface area is 110 Å². The van der Waals surface area contributed by atoms with Gasteiger partial charge in [-0.15, -0.1) is 0 Å². The van der Waals surface area contributed by atoms with Gasteiger partial charge in [-0.25, -0.2) is 4.79 Å². The normalized spacial score (nSPS) is 9.47. The maximum Gasteiger partial charge on any atom is 0.335 e. The van der Waals surface area contributed by atoms with Crippen molar-refractivity contribution in [2.75, 3.05) is 20.2 Å². The number of nitrogens with zero attached hydrogens (tertiary/aromatic N) is 2. The Morgan fingerprint density at radius 2 is 2.00 bits per heavy atom. The van der Waals surface area contributed by atoms with Gasteiger partial charge in [-0.05, 0) is 24.3 Å². The summed E-state index contributed by atoms with van der Waals surface area (Å²) in [5, 5.41) is 17.1. The summed E-state index contributed by atoms with van der Waals surface area (Å²) in [5.74, 6) is -0.830. The van der Waals surface area contributed by atoms with Gasteiger partial charge in [0.2, 0.25) is 0 Å². The summed E-state index contributed by atoms with van der Waals surface area (Å²) in [7, 11) is 1.59. The van der Waals surface area contributed by atoms with Crippen LogP contribution in [0.15, 0.2) is 24.3 Å². The highest BCUT2D eigenvalue weighted by Gasteiger charge is 2.09. The van der Waals surface area contributed by atoms with Crippen LogP contribution >= 0.6 is 0 Å². The number of carboxylic acid groups (broad SMARTS) is 1. The number of ether oxygens (including phenoxy) is 1. The van der Waals surface area contributed by atoms with Crippen molar-refractivity contribution in [2.45, 2.75) is 6.42 Å². The number of hydrogen-bond donors (Lipinski definition) is 1. The lowest BCUT2D eigenvalue weighted by Crippen LogP contribution is -2.32. The van der Waals surface area contributed by atoms with Gasteiger partial charge in [0.25, 0.3) is 5.91 Å². The van der Waals surface area contributed by atoms with Gasteiger partial charge in [-0.2, -0.15) is 5.26 Å². The molecule has 0 aromatic heterocycles. The van der Waals surface area contributed by atoms with Crippen LogP contribution in [0.4, 0.5) is 0 Å². The first-order valence-corrected chi connectivity index (χ1v) is 5.61. The van der Waals surface area contributed by atoms with E-state index in [0.29, 0.717) is 12.3 Å². The highest BCUT2D eigenvalue weighted by Crippen LogP contribution is 2.12. The lowest BCUT2D eigenvalue weighted by molar-refractivity contribution is -0.131. The molecule has 19 heavy (non-hydrogen) atoms. The Morgan fingerprint density at radius 3 is 2.53 bits per heavy atom. The number of likely N-dealkylation sites (N-methyl/N-ethyl adjacent to an activating group) is 1. The molecule has 6 nitrogen and oxygen atoms in total. The van der Waals surface area contributed by atoms with Crippen LogP contribution in [0.5, 0.6) is 5.75 Å². The lowest BCUT2D eigenvalue weighted by Gasteiger charge is -2.15. The quantitative estimate of drug-likeness (QED) is 0.830. The average Bonchev–Trinajstić information content (AvgIpc) is 2.42. The minimum absolute atomic E-state index is 0.144. The van der Waals surface area contributed by atoms with Crippen molar-refractivity contribution in [2.24, 2.45) is 0 Å². The minimum atomic E-state index is -1.01. The van der Waals surface area contributed by atoms with E-state index in [0.717, 1.165) is 0 Å². The van der Waals surface area contributed by atoms with Gasteiger partial charge >= 0.3 is 5.97 Å². The number of carbonyl (C=O) groups excluding carboxylic acids is 1. The summed E-state index contributed by atoms with van der Waals surface area (Å²) >= 11 is 0. The Morgan fingerprint density at radius 1 is 1.37 bits per heavy atom. The van der Waals surface area contributed by atoms with Crippen LogP contribution in [-0.2, 0) is 4.79 Å². The molecule has 1 rings (SSSR count). The third-order valence-electron chi connectivity index (χ3n) is 2.45. The van der Waals surface area contributed by atoms with Gasteiger partial charge in [-0.1, -0.05) is 0 Å². The first-order chi connectivity index (χ1) is 9.04. The summed E-state index contributed by atoms with van der Waals surface area (Å²) in [6, 6.07) is 7.75. The molecule has 0 heterocycles. The van der Waals surface area contributed by atoms with Crippen molar-refractivity contribution in [3.8, 4) is 11.8 Å². The molecule has 0 aliphatic heterocycles. The lowest BCUT2D eigenvalue weighted by atomic mass is 10.2. The molecule has 6 heteroatoms. The largest absolute Gasteiger partial charge is 0.484 e. The van der Waals surface area contributed by atoms with Crippen molar-refractivity contribution < 1.29 is 19.4 Å². The molecule has 0 atom stereocenters. The Kier molecular flexibility index (Phi) is 5.35. The summed E-state index contributed by atoms with van der Waals surface area (Å²) in [4.78, 5) is 23.6. The number of rotatable bonds is 6. The highest BCUT2D eigenvalue weighted by atomic mass is 16.5. The van der Waals surface area contributed by atoms with Crippen LogP contribution in [-0.4, -0.2) is 42.1 Å². The van der Waals surface area contributed by atoms with Crippen molar-refractivity contribution >= 4 is 11.9 Å². The third-order valence-corrected chi connectivity index (χ3v) is 2.45. The summed E-state index contributed by atoms with van der Waals surface area (Å²) in [6.07, 6.45) is 0.273. The fourth-order valence-corrected chi connectivity index (χ4v) is 1.29. The number of carboxylic acids is 1. The maximum absolute atomic E-state index is 11.6. The van der Waals surface area contributed by atoms with E-state index in [4.69, 9.17) is 15.1 Å². The summed E-state index contributed by atoms with van der Waals surface area (Å²) in [6.45, 7) is 0.213. The van der Waals surface area contributed by atoms with Gasteiger partial charge in [0.15, 0.2) is 6.61 Å². The monoisotopic (exact) mass is 262 g/mol. The molecule has 0 aliphatic carbocycles. The summed E-state index contributed by atoms with van der Waals surface area (Å²) in [5.41, 5.74) is 0.157. The Balaban J connectivity index is 2.46. The predicted octanol–water partition coefficient (Wildman–Crippen LogP) is 1.14. The molecule has 0 bridgehead atoms. The van der Waals surface area contributed by atoms with E-state index in [1.165, 1.54) is 29.2 Å². The average molecular weight is 262 g/mol. The van der Waals surface area contributed by atoms with Gasteiger partial charge < -0.3 is 14.7 Å². The molecule has 0 fully saturated rings. The van der Waals surface area contributed by atoms with Gasteiger partial charge in [0, 0.05) is 13.6 Å². The maximum atomic E-state index is 11.6. The number of hydrogen-bond acceptors (Lipinski definition) is 4. The number of benzene rings is 1. The first-order valence-electron chi connectivity index (χ1n) is 5.61. The molecular formula is C13H14N2O4. The van der Waals surface area contributed by atoms with E-state index in [2.05, 4.69) is 0 Å². The standard InChI is InChI=1S/C13H14N2O4/c1-15(8-2-7-14)12(16)9-19-11-5-3-10(4-6-11)13(17)18/h3-6H,2,8-9H2,1H3,(H,17,18). The van der Waals surface area contributed by atoms with Gasteiger partial charge in [0.05, 0.1) is 18.1 Å². The Hall–Kier alpha value is -2.55. The van der Waals surface area contributed by atoms with E-state index < -0.39 is 5.97 Å². The van der Waals surface area contributed by atoms with Crippen molar-refractivity contribution in [3.63, 3.8) is 0 Å². The van der Waals surface area contributed by atoms with Gasteiger partial charge in [-0.3, -0.25) is 4.79 Å². The zero-order valence-electron chi connectivity index (χ0n) is 10.5. The number of carbonyl (C=O) groups is 2. The van der Waals surface area contributed by atoms with Crippen LogP contribution in [0.25, 0.3) is 0 Å². The Bertz CT molecular complexity index is 490. The fourth-order valence-electron chi connectivity index (χ4n) is 1.29. The second-order valence-electron chi connectivity index (χ2n) is 3.84. The molecule has 0 aliphatic rings. The number of aromatic carboxylic acids is 1. The highest BCUT2D eigenvalue weighted by molar-refractivity contribution is 5.87. The van der Waals surface area contributed by atoms with E-state index in [1.807, 2.05) is 6.07 Å². The second kappa shape index (κ2) is 7.01. The van der Waals surface area contributed by atoms with Crippen LogP contribution in [0.1, 0.15) is 16.8 Å². The van der Waals surface area contributed by atoms with Crippen molar-refractivity contribution in [3.05, 3.63) is 29.8 Å². The SMILES string of the molecule is CN(CCC#N)C(=O)COc1ccc(C(=O)O)cc1. The fraction of sp³-hybridized carbons (Fsp3) is 0.308. The molecular weight excluding hydrogens is 248 g/mol.